The molecule has 46 heavy (non-hydrogen) atoms. The molecule has 0 amide bonds. The van der Waals surface area contributed by atoms with Crippen molar-refractivity contribution in [2.24, 2.45) is 0 Å². The van der Waals surface area contributed by atoms with Crippen molar-refractivity contribution in [3.63, 3.8) is 0 Å². The quantitative estimate of drug-likeness (QED) is 0.204. The highest BCUT2D eigenvalue weighted by Crippen LogP contribution is 2.40. The number of para-hydroxylation sites is 1. The van der Waals surface area contributed by atoms with Gasteiger partial charge in [-0.25, -0.2) is 15.0 Å². The predicted molar refractivity (Wildman–Crippen MR) is 183 cm³/mol. The lowest BCUT2D eigenvalue weighted by Gasteiger charge is -2.10. The molecule has 214 valence electrons. The summed E-state index contributed by atoms with van der Waals surface area (Å²) in [5, 5.41) is 8.34. The molecule has 0 unspecified atom stereocenters. The molecular formula is C40H22N4O2. The van der Waals surface area contributed by atoms with Gasteiger partial charge in [0.15, 0.2) is 17.5 Å². The van der Waals surface area contributed by atoms with Crippen molar-refractivity contribution in [1.29, 1.82) is 0 Å². The normalized spacial score (nSPS) is 11.9. The van der Waals surface area contributed by atoms with Crippen LogP contribution in [0.3, 0.4) is 0 Å². The molecule has 10 aromatic rings. The SMILES string of the molecule is c1ccc2cc(-c3nc(-c4cccc5oc6ccccc6c45)nc(-c4cccc5oc6cc7ccncc7cc6c45)n3)ccc2c1. The highest BCUT2D eigenvalue weighted by Gasteiger charge is 2.20. The number of nitrogens with zero attached hydrogens (tertiary/aromatic N) is 4. The average Bonchev–Trinajstić information content (AvgIpc) is 3.68. The van der Waals surface area contributed by atoms with Crippen LogP contribution in [0.1, 0.15) is 0 Å². The summed E-state index contributed by atoms with van der Waals surface area (Å²) in [6.07, 6.45) is 3.68. The van der Waals surface area contributed by atoms with Crippen molar-refractivity contribution in [2.45, 2.75) is 0 Å². The molecule has 0 N–H and O–H groups in total. The lowest BCUT2D eigenvalue weighted by atomic mass is 10.0. The molecule has 0 saturated heterocycles. The van der Waals surface area contributed by atoms with E-state index in [2.05, 4.69) is 65.6 Å². The van der Waals surface area contributed by atoms with Gasteiger partial charge in [0.1, 0.15) is 22.3 Å². The van der Waals surface area contributed by atoms with E-state index < -0.39 is 0 Å². The Hall–Kier alpha value is -6.40. The Morgan fingerprint density at radius 2 is 1.07 bits per heavy atom. The van der Waals surface area contributed by atoms with Crippen molar-refractivity contribution in [2.75, 3.05) is 0 Å². The standard InChI is InChI=1S/C40H22N4O2/c1-2-8-24-19-26(16-15-23(24)7-1)38-42-39(29-10-5-13-33-36(29)28-9-3-4-12-32(28)45-33)44-40(43-38)30-11-6-14-34-37(30)31-20-27-22-41-18-17-25(27)21-35(31)46-34/h1-22H. The number of furan rings is 2. The van der Waals surface area contributed by atoms with Crippen LogP contribution in [-0.4, -0.2) is 19.9 Å². The summed E-state index contributed by atoms with van der Waals surface area (Å²) in [5.74, 6) is 1.73. The lowest BCUT2D eigenvalue weighted by Crippen LogP contribution is -2.00. The van der Waals surface area contributed by atoms with Gasteiger partial charge in [-0.3, -0.25) is 4.98 Å². The Balaban J connectivity index is 1.28. The molecule has 0 aliphatic rings. The van der Waals surface area contributed by atoms with Gasteiger partial charge in [0.05, 0.1) is 0 Å². The van der Waals surface area contributed by atoms with Crippen LogP contribution in [0.15, 0.2) is 143 Å². The molecule has 6 heteroatoms. The largest absolute Gasteiger partial charge is 0.456 e. The van der Waals surface area contributed by atoms with E-state index in [0.29, 0.717) is 17.5 Å². The van der Waals surface area contributed by atoms with Crippen LogP contribution < -0.4 is 0 Å². The second-order valence-corrected chi connectivity index (χ2v) is 11.5. The Bertz CT molecular complexity index is 2830. The van der Waals surface area contributed by atoms with Gasteiger partial charge in [-0.1, -0.05) is 78.9 Å². The van der Waals surface area contributed by atoms with Crippen LogP contribution in [0.5, 0.6) is 0 Å². The first-order valence-electron chi connectivity index (χ1n) is 15.1. The van der Waals surface area contributed by atoms with Crippen LogP contribution >= 0.6 is 0 Å². The van der Waals surface area contributed by atoms with Crippen LogP contribution in [0, 0.1) is 0 Å². The molecule has 0 aliphatic carbocycles. The molecule has 0 atom stereocenters. The Kier molecular flexibility index (Phi) is 5.19. The fourth-order valence-electron chi connectivity index (χ4n) is 6.63. The molecule has 0 radical (unpaired) electrons. The van der Waals surface area contributed by atoms with Crippen LogP contribution in [0.4, 0.5) is 0 Å². The third kappa shape index (κ3) is 3.77. The Morgan fingerprint density at radius 3 is 1.89 bits per heavy atom. The van der Waals surface area contributed by atoms with Gasteiger partial charge >= 0.3 is 0 Å². The zero-order valence-electron chi connectivity index (χ0n) is 24.3. The number of fused-ring (bicyclic) bond motifs is 8. The maximum atomic E-state index is 6.39. The lowest BCUT2D eigenvalue weighted by molar-refractivity contribution is 0.669. The molecule has 6 nitrogen and oxygen atoms in total. The van der Waals surface area contributed by atoms with Gasteiger partial charge in [0.2, 0.25) is 0 Å². The summed E-state index contributed by atoms with van der Waals surface area (Å²) >= 11 is 0. The first kappa shape index (κ1) is 25.0. The van der Waals surface area contributed by atoms with Crippen molar-refractivity contribution >= 4 is 65.4 Å². The molecule has 0 aliphatic heterocycles. The average molecular weight is 591 g/mol. The molecule has 10 rings (SSSR count). The number of rotatable bonds is 3. The minimum atomic E-state index is 0.567. The first-order chi connectivity index (χ1) is 22.8. The third-order valence-corrected chi connectivity index (χ3v) is 8.78. The van der Waals surface area contributed by atoms with E-state index in [1.165, 1.54) is 0 Å². The first-order valence-corrected chi connectivity index (χ1v) is 15.1. The molecule has 6 aromatic carbocycles. The molecule has 4 aromatic heterocycles. The van der Waals surface area contributed by atoms with Crippen molar-refractivity contribution in [3.05, 3.63) is 134 Å². The van der Waals surface area contributed by atoms with Crippen LogP contribution in [0.2, 0.25) is 0 Å². The van der Waals surface area contributed by atoms with Crippen LogP contribution in [-0.2, 0) is 0 Å². The van der Waals surface area contributed by atoms with Gasteiger partial charge in [0, 0.05) is 56.0 Å². The van der Waals surface area contributed by atoms with E-state index in [4.69, 9.17) is 23.8 Å². The minimum absolute atomic E-state index is 0.567. The smallest absolute Gasteiger partial charge is 0.164 e. The van der Waals surface area contributed by atoms with E-state index in [1.54, 1.807) is 6.20 Å². The van der Waals surface area contributed by atoms with Crippen molar-refractivity contribution in [1.82, 2.24) is 19.9 Å². The van der Waals surface area contributed by atoms with Gasteiger partial charge < -0.3 is 8.83 Å². The molecule has 0 spiro atoms. The van der Waals surface area contributed by atoms with E-state index >= 15 is 0 Å². The molecular weight excluding hydrogens is 568 g/mol. The van der Waals surface area contributed by atoms with Gasteiger partial charge in [-0.15, -0.1) is 0 Å². The molecule has 0 saturated carbocycles. The van der Waals surface area contributed by atoms with Crippen LogP contribution in [0.25, 0.3) is 99.6 Å². The van der Waals surface area contributed by atoms with Crippen molar-refractivity contribution in [3.8, 4) is 34.2 Å². The summed E-state index contributed by atoms with van der Waals surface area (Å²) in [7, 11) is 0. The van der Waals surface area contributed by atoms with E-state index in [0.717, 1.165) is 82.1 Å². The third-order valence-electron chi connectivity index (χ3n) is 8.78. The number of pyridine rings is 1. The second kappa shape index (κ2) is 9.55. The summed E-state index contributed by atoms with van der Waals surface area (Å²) in [6, 6.07) is 41.0. The molecule has 0 fully saturated rings. The number of hydrogen-bond acceptors (Lipinski definition) is 6. The van der Waals surface area contributed by atoms with E-state index in [-0.39, 0.29) is 0 Å². The Morgan fingerprint density at radius 1 is 0.413 bits per heavy atom. The molecule has 0 bridgehead atoms. The summed E-state index contributed by atoms with van der Waals surface area (Å²) in [6.45, 7) is 0. The Labute approximate surface area is 261 Å². The zero-order chi connectivity index (χ0) is 30.2. The van der Waals surface area contributed by atoms with Gasteiger partial charge in [-0.2, -0.15) is 0 Å². The maximum Gasteiger partial charge on any atom is 0.164 e. The number of hydrogen-bond donors (Lipinski definition) is 0. The van der Waals surface area contributed by atoms with Crippen molar-refractivity contribution < 1.29 is 8.83 Å². The number of benzene rings is 6. The van der Waals surface area contributed by atoms with E-state index in [9.17, 15) is 0 Å². The van der Waals surface area contributed by atoms with Gasteiger partial charge in [-0.05, 0) is 58.6 Å². The topological polar surface area (TPSA) is 77.8 Å². The summed E-state index contributed by atoms with van der Waals surface area (Å²) in [5.41, 5.74) is 5.85. The fraction of sp³-hybridized carbons (Fsp3) is 0. The monoisotopic (exact) mass is 590 g/mol. The van der Waals surface area contributed by atoms with E-state index in [1.807, 2.05) is 66.9 Å². The summed E-state index contributed by atoms with van der Waals surface area (Å²) < 4.78 is 12.6. The predicted octanol–water partition coefficient (Wildman–Crippen LogP) is 10.4. The highest BCUT2D eigenvalue weighted by atomic mass is 16.3. The second-order valence-electron chi connectivity index (χ2n) is 11.5. The molecule has 4 heterocycles. The highest BCUT2D eigenvalue weighted by molar-refractivity contribution is 6.15. The zero-order valence-corrected chi connectivity index (χ0v) is 24.3. The maximum absolute atomic E-state index is 6.39. The fourth-order valence-corrected chi connectivity index (χ4v) is 6.63. The summed E-state index contributed by atoms with van der Waals surface area (Å²) in [4.78, 5) is 19.8. The van der Waals surface area contributed by atoms with Gasteiger partial charge in [0.25, 0.3) is 0 Å². The number of aromatic nitrogens is 4. The minimum Gasteiger partial charge on any atom is -0.456 e.